The molecular weight excluding hydrogens is 212 g/mol. The van der Waals surface area contributed by atoms with Crippen LogP contribution in [0.1, 0.15) is 46.0 Å². The van der Waals surface area contributed by atoms with Crippen molar-refractivity contribution in [1.82, 2.24) is 0 Å². The molecule has 1 heterocycles. The van der Waals surface area contributed by atoms with Crippen molar-refractivity contribution in [2.24, 2.45) is 16.7 Å². The molecule has 1 fully saturated rings. The van der Waals surface area contributed by atoms with Crippen LogP contribution in [0.15, 0.2) is 11.1 Å². The molecule has 0 aromatic carbocycles. The van der Waals surface area contributed by atoms with Gasteiger partial charge in [-0.1, -0.05) is 20.3 Å². The quantitative estimate of drug-likeness (QED) is 0.709. The van der Waals surface area contributed by atoms with E-state index >= 15 is 0 Å². The summed E-state index contributed by atoms with van der Waals surface area (Å²) in [4.78, 5) is 0. The van der Waals surface area contributed by atoms with E-state index in [4.69, 9.17) is 4.74 Å². The SMILES string of the molecule is C[C@]1(CO)CCC[C@]2(C)C3=C(CC[C@H]12)COC3. The van der Waals surface area contributed by atoms with Crippen LogP contribution in [0.25, 0.3) is 0 Å². The molecular formula is C15H24O2. The molecule has 0 amide bonds. The highest BCUT2D eigenvalue weighted by Crippen LogP contribution is 2.60. The minimum Gasteiger partial charge on any atom is -0.396 e. The summed E-state index contributed by atoms with van der Waals surface area (Å²) in [6.07, 6.45) is 6.17. The van der Waals surface area contributed by atoms with E-state index < -0.39 is 0 Å². The molecule has 0 bridgehead atoms. The van der Waals surface area contributed by atoms with Crippen LogP contribution in [0, 0.1) is 16.7 Å². The molecule has 3 aliphatic rings. The molecule has 3 rings (SSSR count). The second kappa shape index (κ2) is 3.83. The maximum absolute atomic E-state index is 9.80. The zero-order valence-corrected chi connectivity index (χ0v) is 11.1. The van der Waals surface area contributed by atoms with E-state index in [0.717, 1.165) is 13.2 Å². The Morgan fingerprint density at radius 1 is 1.29 bits per heavy atom. The van der Waals surface area contributed by atoms with Gasteiger partial charge in [0.15, 0.2) is 0 Å². The highest BCUT2D eigenvalue weighted by atomic mass is 16.5. The summed E-state index contributed by atoms with van der Waals surface area (Å²) in [6, 6.07) is 0. The Balaban J connectivity index is 2.01. The van der Waals surface area contributed by atoms with Crippen LogP contribution in [0.2, 0.25) is 0 Å². The van der Waals surface area contributed by atoms with Gasteiger partial charge in [-0.3, -0.25) is 0 Å². The molecule has 96 valence electrons. The Morgan fingerprint density at radius 2 is 2.12 bits per heavy atom. The van der Waals surface area contributed by atoms with Crippen molar-refractivity contribution in [2.75, 3.05) is 19.8 Å². The van der Waals surface area contributed by atoms with Crippen molar-refractivity contribution in [3.8, 4) is 0 Å². The molecule has 3 atom stereocenters. The van der Waals surface area contributed by atoms with Gasteiger partial charge in [-0.25, -0.2) is 0 Å². The van der Waals surface area contributed by atoms with Crippen molar-refractivity contribution in [3.63, 3.8) is 0 Å². The van der Waals surface area contributed by atoms with Crippen LogP contribution >= 0.6 is 0 Å². The zero-order chi connectivity index (χ0) is 12.1. The van der Waals surface area contributed by atoms with Crippen LogP contribution in [-0.2, 0) is 4.74 Å². The fraction of sp³-hybridized carbons (Fsp3) is 0.867. The number of rotatable bonds is 1. The van der Waals surface area contributed by atoms with E-state index in [1.54, 1.807) is 11.1 Å². The van der Waals surface area contributed by atoms with Gasteiger partial charge in [0.25, 0.3) is 0 Å². The van der Waals surface area contributed by atoms with E-state index in [0.29, 0.717) is 17.9 Å². The van der Waals surface area contributed by atoms with Gasteiger partial charge in [0.1, 0.15) is 0 Å². The molecule has 0 aromatic heterocycles. The first kappa shape index (κ1) is 11.7. The minimum atomic E-state index is 0.133. The average Bonchev–Trinajstić information content (AvgIpc) is 2.78. The highest BCUT2D eigenvalue weighted by Gasteiger charge is 2.52. The standard InChI is InChI=1S/C15H24O2/c1-14(10-16)6-3-7-15(2)12-9-17-8-11(12)4-5-13(14)15/h13,16H,3-10H2,1-2H3/t13-,14-,15-/m1/s1. The van der Waals surface area contributed by atoms with Crippen molar-refractivity contribution >= 4 is 0 Å². The summed E-state index contributed by atoms with van der Waals surface area (Å²) in [6.45, 7) is 6.78. The fourth-order valence-corrected chi connectivity index (χ4v) is 4.77. The lowest BCUT2D eigenvalue weighted by molar-refractivity contribution is -0.0383. The molecule has 1 N–H and O–H groups in total. The van der Waals surface area contributed by atoms with E-state index in [-0.39, 0.29) is 5.41 Å². The first-order valence-electron chi connectivity index (χ1n) is 7.00. The molecule has 2 heteroatoms. The lowest BCUT2D eigenvalue weighted by atomic mass is 9.50. The van der Waals surface area contributed by atoms with Crippen LogP contribution in [0.5, 0.6) is 0 Å². The van der Waals surface area contributed by atoms with E-state index in [2.05, 4.69) is 13.8 Å². The summed E-state index contributed by atoms with van der Waals surface area (Å²) in [5.41, 5.74) is 3.60. The van der Waals surface area contributed by atoms with Crippen molar-refractivity contribution in [2.45, 2.75) is 46.0 Å². The van der Waals surface area contributed by atoms with Gasteiger partial charge < -0.3 is 9.84 Å². The van der Waals surface area contributed by atoms with Crippen molar-refractivity contribution in [1.29, 1.82) is 0 Å². The molecule has 1 saturated carbocycles. The summed E-state index contributed by atoms with van der Waals surface area (Å²) < 4.78 is 5.67. The third kappa shape index (κ3) is 1.53. The average molecular weight is 236 g/mol. The molecule has 2 nitrogen and oxygen atoms in total. The molecule has 0 radical (unpaired) electrons. The van der Waals surface area contributed by atoms with Crippen LogP contribution < -0.4 is 0 Å². The Bertz CT molecular complexity index is 360. The van der Waals surface area contributed by atoms with Gasteiger partial charge in [0.05, 0.1) is 13.2 Å². The molecule has 2 aliphatic carbocycles. The van der Waals surface area contributed by atoms with Gasteiger partial charge >= 0.3 is 0 Å². The van der Waals surface area contributed by atoms with Gasteiger partial charge in [0.2, 0.25) is 0 Å². The van der Waals surface area contributed by atoms with Crippen molar-refractivity contribution in [3.05, 3.63) is 11.1 Å². The maximum atomic E-state index is 9.80. The fourth-order valence-electron chi connectivity index (χ4n) is 4.77. The Kier molecular flexibility index (Phi) is 2.64. The van der Waals surface area contributed by atoms with E-state index in [1.165, 1.54) is 32.1 Å². The number of hydrogen-bond acceptors (Lipinski definition) is 2. The minimum absolute atomic E-state index is 0.133. The van der Waals surface area contributed by atoms with Gasteiger partial charge in [-0.15, -0.1) is 0 Å². The number of hydrogen-bond donors (Lipinski definition) is 1. The van der Waals surface area contributed by atoms with Crippen LogP contribution in [0.3, 0.4) is 0 Å². The first-order valence-corrected chi connectivity index (χ1v) is 7.00. The van der Waals surface area contributed by atoms with E-state index in [1.807, 2.05) is 0 Å². The molecule has 0 aromatic rings. The molecule has 0 saturated heterocycles. The van der Waals surface area contributed by atoms with E-state index in [9.17, 15) is 5.11 Å². The lowest BCUT2D eigenvalue weighted by Gasteiger charge is -2.54. The Labute approximate surface area is 104 Å². The number of aliphatic hydroxyl groups is 1. The monoisotopic (exact) mass is 236 g/mol. The predicted molar refractivity (Wildman–Crippen MR) is 67.7 cm³/mol. The number of ether oxygens (including phenoxy) is 1. The predicted octanol–water partition coefficient (Wildman–Crippen LogP) is 2.91. The summed E-state index contributed by atoms with van der Waals surface area (Å²) >= 11 is 0. The third-order valence-corrected chi connectivity index (χ3v) is 5.79. The summed E-state index contributed by atoms with van der Waals surface area (Å²) in [5.74, 6) is 0.647. The number of fused-ring (bicyclic) bond motifs is 2. The van der Waals surface area contributed by atoms with Gasteiger partial charge in [-0.05, 0) is 53.6 Å². The smallest absolute Gasteiger partial charge is 0.0690 e. The molecule has 17 heavy (non-hydrogen) atoms. The summed E-state index contributed by atoms with van der Waals surface area (Å²) in [5, 5.41) is 9.80. The normalized spacial score (nSPS) is 45.7. The lowest BCUT2D eigenvalue weighted by Crippen LogP contribution is -2.48. The highest BCUT2D eigenvalue weighted by molar-refractivity contribution is 5.31. The first-order chi connectivity index (χ1) is 8.10. The molecule has 0 unspecified atom stereocenters. The third-order valence-electron chi connectivity index (χ3n) is 5.79. The van der Waals surface area contributed by atoms with Gasteiger partial charge in [-0.2, -0.15) is 0 Å². The Morgan fingerprint density at radius 3 is 2.88 bits per heavy atom. The second-order valence-corrected chi connectivity index (χ2v) is 6.75. The second-order valence-electron chi connectivity index (χ2n) is 6.75. The largest absolute Gasteiger partial charge is 0.396 e. The maximum Gasteiger partial charge on any atom is 0.0690 e. The van der Waals surface area contributed by atoms with Gasteiger partial charge in [0, 0.05) is 6.61 Å². The zero-order valence-electron chi connectivity index (χ0n) is 11.1. The van der Waals surface area contributed by atoms with Crippen LogP contribution in [0.4, 0.5) is 0 Å². The summed E-state index contributed by atoms with van der Waals surface area (Å²) in [7, 11) is 0. The molecule has 1 aliphatic heterocycles. The van der Waals surface area contributed by atoms with Crippen molar-refractivity contribution < 1.29 is 9.84 Å². The Hall–Kier alpha value is -0.340. The molecule has 0 spiro atoms. The topological polar surface area (TPSA) is 29.5 Å². The number of aliphatic hydroxyl groups excluding tert-OH is 1. The van der Waals surface area contributed by atoms with Crippen LogP contribution in [-0.4, -0.2) is 24.9 Å².